The number of ether oxygens (including phenoxy) is 2. The summed E-state index contributed by atoms with van der Waals surface area (Å²) < 4.78 is 14.4. The zero-order valence-electron chi connectivity index (χ0n) is 22.0. The van der Waals surface area contributed by atoms with Crippen LogP contribution in [-0.4, -0.2) is 9.97 Å². The highest BCUT2D eigenvalue weighted by molar-refractivity contribution is 9.10. The van der Waals surface area contributed by atoms with Gasteiger partial charge in [-0.3, -0.25) is 0 Å². The highest BCUT2D eigenvalue weighted by Gasteiger charge is 2.23. The topological polar surface area (TPSA) is 44.2 Å². The summed E-state index contributed by atoms with van der Waals surface area (Å²) in [6.07, 6.45) is 0. The smallest absolute Gasteiger partial charge is 0.139 e. The Kier molecular flexibility index (Phi) is 7.68. The number of fused-ring (bicyclic) bond motifs is 2. The number of aromatic nitrogens is 2. The van der Waals surface area contributed by atoms with E-state index in [-0.39, 0.29) is 5.41 Å². The van der Waals surface area contributed by atoms with Gasteiger partial charge in [0.05, 0.1) is 11.0 Å². The summed E-state index contributed by atoms with van der Waals surface area (Å²) in [4.78, 5) is 8.79. The van der Waals surface area contributed by atoms with E-state index in [0.29, 0.717) is 33.3 Å². The fourth-order valence-corrected chi connectivity index (χ4v) is 5.84. The summed E-state index contributed by atoms with van der Waals surface area (Å²) in [7, 11) is 0. The minimum absolute atomic E-state index is 0.258. The van der Waals surface area contributed by atoms with Gasteiger partial charge in [-0.05, 0) is 71.8 Å². The van der Waals surface area contributed by atoms with Gasteiger partial charge in [-0.15, -0.1) is 0 Å². The molecule has 0 radical (unpaired) electrons. The number of halogens is 4. The van der Waals surface area contributed by atoms with Crippen LogP contribution in [0.1, 0.15) is 25.0 Å². The molecule has 2 aromatic heterocycles. The van der Waals surface area contributed by atoms with E-state index in [0.717, 1.165) is 41.9 Å². The van der Waals surface area contributed by atoms with Gasteiger partial charge in [-0.1, -0.05) is 93.2 Å². The van der Waals surface area contributed by atoms with Crippen molar-refractivity contribution >= 4 is 76.9 Å². The summed E-state index contributed by atoms with van der Waals surface area (Å²) in [5.74, 6) is 2.73. The van der Waals surface area contributed by atoms with Gasteiger partial charge < -0.3 is 9.47 Å². The molecule has 0 saturated heterocycles. The third-order valence-corrected chi connectivity index (χ3v) is 8.38. The summed E-state index contributed by atoms with van der Waals surface area (Å²) in [6.45, 7) is 4.39. The van der Waals surface area contributed by atoms with E-state index in [1.165, 1.54) is 0 Å². The number of benzene rings is 4. The lowest BCUT2D eigenvalue weighted by molar-refractivity contribution is 0.486. The van der Waals surface area contributed by atoms with Crippen molar-refractivity contribution < 1.29 is 9.47 Å². The number of rotatable bonds is 6. The predicted octanol–water partition coefficient (Wildman–Crippen LogP) is 11.5. The van der Waals surface area contributed by atoms with Crippen molar-refractivity contribution in [2.75, 3.05) is 0 Å². The fourth-order valence-electron chi connectivity index (χ4n) is 4.74. The van der Waals surface area contributed by atoms with Crippen LogP contribution in [0.5, 0.6) is 23.0 Å². The Balaban J connectivity index is 1.22. The molecule has 8 heteroatoms. The summed E-state index contributed by atoms with van der Waals surface area (Å²) >= 11 is 19.6. The van der Waals surface area contributed by atoms with Crippen molar-refractivity contribution in [1.29, 1.82) is 0 Å². The molecule has 6 rings (SSSR count). The number of pyridine rings is 2. The van der Waals surface area contributed by atoms with Crippen LogP contribution in [0.15, 0.2) is 106 Å². The largest absolute Gasteiger partial charge is 0.457 e. The van der Waals surface area contributed by atoms with Crippen LogP contribution in [0.25, 0.3) is 21.8 Å². The quantitative estimate of drug-likeness (QED) is 0.162. The molecule has 0 atom stereocenters. The fraction of sp³-hybridized carbons (Fsp3) is 0.0909. The maximum atomic E-state index is 6.26. The van der Waals surface area contributed by atoms with Gasteiger partial charge >= 0.3 is 0 Å². The van der Waals surface area contributed by atoms with E-state index >= 15 is 0 Å². The third kappa shape index (κ3) is 5.93. The van der Waals surface area contributed by atoms with E-state index in [1.54, 1.807) is 12.1 Å². The normalized spacial score (nSPS) is 11.7. The first-order valence-electron chi connectivity index (χ1n) is 12.7. The van der Waals surface area contributed by atoms with Gasteiger partial charge in [0.15, 0.2) is 0 Å². The second-order valence-electron chi connectivity index (χ2n) is 10.1. The van der Waals surface area contributed by atoms with Crippen LogP contribution in [-0.2, 0) is 5.41 Å². The minimum Gasteiger partial charge on any atom is -0.457 e. The van der Waals surface area contributed by atoms with E-state index in [9.17, 15) is 0 Å². The van der Waals surface area contributed by atoms with Gasteiger partial charge in [-0.25, -0.2) is 9.97 Å². The van der Waals surface area contributed by atoms with Crippen molar-refractivity contribution in [2.24, 2.45) is 0 Å². The summed E-state index contributed by atoms with van der Waals surface area (Å²) in [5, 5.41) is 2.52. The lowest BCUT2D eigenvalue weighted by Gasteiger charge is -2.26. The lowest BCUT2D eigenvalue weighted by atomic mass is 9.78. The molecule has 6 aromatic rings. The zero-order chi connectivity index (χ0) is 28.7. The molecule has 0 unspecified atom stereocenters. The van der Waals surface area contributed by atoms with Gasteiger partial charge in [0.1, 0.15) is 33.3 Å². The van der Waals surface area contributed by atoms with Gasteiger partial charge in [0.2, 0.25) is 0 Å². The second kappa shape index (κ2) is 11.3. The molecule has 0 amide bonds. The monoisotopic (exact) mass is 706 g/mol. The van der Waals surface area contributed by atoms with Crippen molar-refractivity contribution in [3.05, 3.63) is 127 Å². The van der Waals surface area contributed by atoms with Gasteiger partial charge in [0, 0.05) is 37.3 Å². The van der Waals surface area contributed by atoms with Crippen LogP contribution in [0.3, 0.4) is 0 Å². The van der Waals surface area contributed by atoms with E-state index in [2.05, 4.69) is 79.9 Å². The minimum atomic E-state index is -0.258. The predicted molar refractivity (Wildman–Crippen MR) is 174 cm³/mol. The van der Waals surface area contributed by atoms with Crippen LogP contribution < -0.4 is 9.47 Å². The molecule has 0 saturated carbocycles. The molecule has 0 aliphatic rings. The Morgan fingerprint density at radius 2 is 0.951 bits per heavy atom. The van der Waals surface area contributed by atoms with Gasteiger partial charge in [0.25, 0.3) is 0 Å². The molecule has 4 aromatic carbocycles. The number of nitrogens with zero attached hydrogens (tertiary/aromatic N) is 2. The average Bonchev–Trinajstić information content (AvgIpc) is 2.94. The Labute approximate surface area is 264 Å². The van der Waals surface area contributed by atoms with Crippen LogP contribution in [0.4, 0.5) is 0 Å². The molecule has 0 N–H and O–H groups in total. The molecule has 0 bridgehead atoms. The van der Waals surface area contributed by atoms with Crippen molar-refractivity contribution in [2.45, 2.75) is 19.3 Å². The van der Waals surface area contributed by atoms with Crippen LogP contribution in [0, 0.1) is 0 Å². The van der Waals surface area contributed by atoms with Crippen molar-refractivity contribution in [1.82, 2.24) is 9.97 Å². The first-order valence-corrected chi connectivity index (χ1v) is 15.1. The van der Waals surface area contributed by atoms with E-state index < -0.39 is 0 Å². The molecule has 0 aliphatic carbocycles. The first kappa shape index (κ1) is 28.0. The molecule has 0 aliphatic heterocycles. The highest BCUT2D eigenvalue weighted by atomic mass is 79.9. The SMILES string of the molecule is CC(C)(c1ccc(Oc2cc(Cl)nc3ccc(Br)cc23)cc1)c1ccc(Oc2cc(Cl)nc3ccc(Br)cc23)cc1. The third-order valence-electron chi connectivity index (χ3n) is 7.01. The van der Waals surface area contributed by atoms with Crippen molar-refractivity contribution in [3.8, 4) is 23.0 Å². The first-order chi connectivity index (χ1) is 19.7. The van der Waals surface area contributed by atoms with Gasteiger partial charge in [-0.2, -0.15) is 0 Å². The highest BCUT2D eigenvalue weighted by Crippen LogP contribution is 2.38. The molecule has 4 nitrogen and oxygen atoms in total. The molecule has 41 heavy (non-hydrogen) atoms. The van der Waals surface area contributed by atoms with Crippen molar-refractivity contribution in [3.63, 3.8) is 0 Å². The number of hydrogen-bond acceptors (Lipinski definition) is 4. The molecule has 2 heterocycles. The molecular weight excluding hydrogens is 687 g/mol. The Hall–Kier alpha value is -3.16. The molecule has 0 fully saturated rings. The summed E-state index contributed by atoms with van der Waals surface area (Å²) in [5.41, 5.74) is 3.58. The van der Waals surface area contributed by atoms with E-state index in [4.69, 9.17) is 32.7 Å². The molecular formula is C33H22Br2Cl2N2O2. The van der Waals surface area contributed by atoms with E-state index in [1.807, 2.05) is 60.7 Å². The molecule has 204 valence electrons. The zero-order valence-corrected chi connectivity index (χ0v) is 26.6. The average molecular weight is 709 g/mol. The second-order valence-corrected chi connectivity index (χ2v) is 12.7. The molecule has 0 spiro atoms. The standard InChI is InChI=1S/C33H22Br2Cl2N2O2/c1-33(2,19-3-9-23(10-4-19)40-29-17-31(36)38-27-13-7-21(34)15-25(27)29)20-5-11-24(12-6-20)41-30-18-32(37)39-28-14-8-22(35)16-26(28)30/h3-18H,1-2H3. The van der Waals surface area contributed by atoms with Crippen LogP contribution >= 0.6 is 55.1 Å². The maximum absolute atomic E-state index is 6.26. The lowest BCUT2D eigenvalue weighted by Crippen LogP contribution is -2.18. The summed E-state index contributed by atoms with van der Waals surface area (Å²) in [6, 6.07) is 31.4. The Bertz CT molecular complexity index is 1770. The Morgan fingerprint density at radius 1 is 0.561 bits per heavy atom. The number of hydrogen-bond donors (Lipinski definition) is 0. The maximum Gasteiger partial charge on any atom is 0.139 e. The van der Waals surface area contributed by atoms with Crippen LogP contribution in [0.2, 0.25) is 10.3 Å². The Morgan fingerprint density at radius 3 is 1.34 bits per heavy atom.